The number of amides is 1. The largest absolute Gasteiger partial charge is 0.480 e. The molecule has 0 saturated heterocycles. The normalized spacial score (nSPS) is 13.8. The summed E-state index contributed by atoms with van der Waals surface area (Å²) in [5.41, 5.74) is 1.10. The topological polar surface area (TPSA) is 104 Å². The van der Waals surface area contributed by atoms with Crippen molar-refractivity contribution in [3.05, 3.63) is 29.8 Å². The Kier molecular flexibility index (Phi) is 6.77. The molecule has 0 heterocycles. The molecule has 0 aliphatic heterocycles. The van der Waals surface area contributed by atoms with Crippen LogP contribution >= 0.6 is 0 Å². The number of carbonyl (C=O) groups excluding carboxylic acids is 1. The van der Waals surface area contributed by atoms with Gasteiger partial charge in [0, 0.05) is 0 Å². The summed E-state index contributed by atoms with van der Waals surface area (Å²) in [5.74, 6) is -2.06. The van der Waals surface area contributed by atoms with E-state index in [1.54, 1.807) is 38.1 Å². The van der Waals surface area contributed by atoms with Gasteiger partial charge in [-0.1, -0.05) is 38.5 Å². The Labute approximate surface area is 142 Å². The van der Waals surface area contributed by atoms with Crippen molar-refractivity contribution in [2.24, 2.45) is 5.92 Å². The SMILES string of the molecule is CC[C@@H](C)[C@H](NC(=O)CN(c1ccccc1C)S(C)(=O)=O)C(=O)O. The summed E-state index contributed by atoms with van der Waals surface area (Å²) in [6.07, 6.45) is 1.58. The number of nitrogens with one attached hydrogen (secondary N) is 1. The summed E-state index contributed by atoms with van der Waals surface area (Å²) in [6.45, 7) is 4.81. The van der Waals surface area contributed by atoms with Crippen molar-refractivity contribution in [1.29, 1.82) is 0 Å². The molecule has 0 aliphatic carbocycles. The Bertz CT molecular complexity index is 702. The lowest BCUT2D eigenvalue weighted by Crippen LogP contribution is -2.49. The van der Waals surface area contributed by atoms with E-state index in [2.05, 4.69) is 5.32 Å². The van der Waals surface area contributed by atoms with Crippen LogP contribution in [0, 0.1) is 12.8 Å². The maximum absolute atomic E-state index is 12.2. The van der Waals surface area contributed by atoms with Gasteiger partial charge in [-0.2, -0.15) is 0 Å². The van der Waals surface area contributed by atoms with Crippen LogP contribution in [0.4, 0.5) is 5.69 Å². The predicted molar refractivity (Wildman–Crippen MR) is 92.4 cm³/mol. The second-order valence-corrected chi connectivity index (χ2v) is 7.73. The summed E-state index contributed by atoms with van der Waals surface area (Å²) >= 11 is 0. The Morgan fingerprint density at radius 1 is 1.29 bits per heavy atom. The second kappa shape index (κ2) is 8.14. The average Bonchev–Trinajstić information content (AvgIpc) is 2.49. The number of carbonyl (C=O) groups is 2. The number of hydrogen-bond acceptors (Lipinski definition) is 4. The Morgan fingerprint density at radius 3 is 2.33 bits per heavy atom. The van der Waals surface area contributed by atoms with Gasteiger partial charge in [0.15, 0.2) is 0 Å². The molecule has 134 valence electrons. The third kappa shape index (κ3) is 5.23. The van der Waals surface area contributed by atoms with Crippen LogP contribution in [0.15, 0.2) is 24.3 Å². The number of nitrogens with zero attached hydrogens (tertiary/aromatic N) is 1. The number of benzene rings is 1. The highest BCUT2D eigenvalue weighted by atomic mass is 32.2. The third-order valence-corrected chi connectivity index (χ3v) is 4.99. The Hall–Kier alpha value is -2.09. The summed E-state index contributed by atoms with van der Waals surface area (Å²) in [5, 5.41) is 11.6. The predicted octanol–water partition coefficient (Wildman–Crippen LogP) is 1.38. The first-order valence-electron chi connectivity index (χ1n) is 7.63. The fourth-order valence-electron chi connectivity index (χ4n) is 2.26. The lowest BCUT2D eigenvalue weighted by atomic mass is 9.99. The van der Waals surface area contributed by atoms with Crippen LogP contribution in [-0.4, -0.2) is 44.2 Å². The first kappa shape index (κ1) is 20.0. The molecule has 1 aromatic rings. The van der Waals surface area contributed by atoms with E-state index in [1.807, 2.05) is 6.92 Å². The molecule has 7 nitrogen and oxygen atoms in total. The molecular weight excluding hydrogens is 332 g/mol. The minimum atomic E-state index is -3.69. The third-order valence-electron chi connectivity index (χ3n) is 3.87. The van der Waals surface area contributed by atoms with Crippen LogP contribution in [0.1, 0.15) is 25.8 Å². The van der Waals surface area contributed by atoms with Crippen LogP contribution in [-0.2, 0) is 19.6 Å². The van der Waals surface area contributed by atoms with E-state index in [0.717, 1.165) is 10.6 Å². The molecule has 0 fully saturated rings. The van der Waals surface area contributed by atoms with Crippen molar-refractivity contribution in [1.82, 2.24) is 5.32 Å². The molecule has 1 aromatic carbocycles. The molecule has 8 heteroatoms. The first-order chi connectivity index (χ1) is 11.1. The van der Waals surface area contributed by atoms with Crippen LogP contribution in [0.3, 0.4) is 0 Å². The highest BCUT2D eigenvalue weighted by molar-refractivity contribution is 7.92. The van der Waals surface area contributed by atoms with Gasteiger partial charge >= 0.3 is 5.97 Å². The smallest absolute Gasteiger partial charge is 0.326 e. The molecule has 0 unspecified atom stereocenters. The first-order valence-corrected chi connectivity index (χ1v) is 9.48. The summed E-state index contributed by atoms with van der Waals surface area (Å²) in [6, 6.07) is 5.73. The van der Waals surface area contributed by atoms with E-state index in [1.165, 1.54) is 0 Å². The molecular formula is C16H24N2O5S. The minimum absolute atomic E-state index is 0.267. The van der Waals surface area contributed by atoms with Gasteiger partial charge in [-0.05, 0) is 24.5 Å². The van der Waals surface area contributed by atoms with Crippen molar-refractivity contribution in [2.75, 3.05) is 17.1 Å². The van der Waals surface area contributed by atoms with Crippen molar-refractivity contribution >= 4 is 27.6 Å². The van der Waals surface area contributed by atoms with Gasteiger partial charge in [0.2, 0.25) is 15.9 Å². The van der Waals surface area contributed by atoms with Crippen LogP contribution in [0.2, 0.25) is 0 Å². The number of aryl methyl sites for hydroxylation is 1. The van der Waals surface area contributed by atoms with Gasteiger partial charge in [-0.15, -0.1) is 0 Å². The summed E-state index contributed by atoms with van der Waals surface area (Å²) in [4.78, 5) is 23.5. The van der Waals surface area contributed by atoms with Gasteiger partial charge in [0.1, 0.15) is 12.6 Å². The lowest BCUT2D eigenvalue weighted by Gasteiger charge is -2.25. The van der Waals surface area contributed by atoms with Crippen molar-refractivity contribution in [2.45, 2.75) is 33.2 Å². The number of aliphatic carboxylic acids is 1. The number of carboxylic acids is 1. The lowest BCUT2D eigenvalue weighted by molar-refractivity contribution is -0.143. The van der Waals surface area contributed by atoms with Gasteiger partial charge in [0.05, 0.1) is 11.9 Å². The van der Waals surface area contributed by atoms with E-state index < -0.39 is 34.5 Å². The maximum Gasteiger partial charge on any atom is 0.326 e. The Morgan fingerprint density at radius 2 is 1.88 bits per heavy atom. The molecule has 0 spiro atoms. The molecule has 1 rings (SSSR count). The molecule has 0 radical (unpaired) electrons. The zero-order valence-corrected chi connectivity index (χ0v) is 15.1. The van der Waals surface area contributed by atoms with Gasteiger partial charge in [-0.3, -0.25) is 9.10 Å². The minimum Gasteiger partial charge on any atom is -0.480 e. The van der Waals surface area contributed by atoms with Crippen LogP contribution in [0.5, 0.6) is 0 Å². The number of sulfonamides is 1. The van der Waals surface area contributed by atoms with E-state index in [9.17, 15) is 23.1 Å². The van der Waals surface area contributed by atoms with E-state index in [0.29, 0.717) is 17.7 Å². The standard InChI is InChI=1S/C16H24N2O5S/c1-5-11(2)15(16(20)21)17-14(19)10-18(24(4,22)23)13-9-7-6-8-12(13)3/h6-9,11,15H,5,10H2,1-4H3,(H,17,19)(H,20,21)/t11-,15+/m1/s1. The number of anilines is 1. The molecule has 24 heavy (non-hydrogen) atoms. The highest BCUT2D eigenvalue weighted by Crippen LogP contribution is 2.21. The number of para-hydroxylation sites is 1. The van der Waals surface area contributed by atoms with Crippen LogP contribution < -0.4 is 9.62 Å². The summed E-state index contributed by atoms with van der Waals surface area (Å²) in [7, 11) is -3.69. The molecule has 1 amide bonds. The van der Waals surface area contributed by atoms with Gasteiger partial charge in [-0.25, -0.2) is 13.2 Å². The van der Waals surface area contributed by atoms with E-state index in [-0.39, 0.29) is 5.92 Å². The molecule has 0 saturated carbocycles. The second-order valence-electron chi connectivity index (χ2n) is 5.83. The van der Waals surface area contributed by atoms with Gasteiger partial charge in [0.25, 0.3) is 0 Å². The van der Waals surface area contributed by atoms with Gasteiger partial charge < -0.3 is 10.4 Å². The molecule has 2 atom stereocenters. The molecule has 0 aromatic heterocycles. The molecule has 0 bridgehead atoms. The number of rotatable bonds is 8. The fourth-order valence-corrected chi connectivity index (χ4v) is 3.17. The molecule has 0 aliphatic rings. The van der Waals surface area contributed by atoms with Crippen molar-refractivity contribution in [3.63, 3.8) is 0 Å². The van der Waals surface area contributed by atoms with Crippen LogP contribution in [0.25, 0.3) is 0 Å². The molecule has 2 N–H and O–H groups in total. The number of carboxylic acid groups (broad SMARTS) is 1. The van der Waals surface area contributed by atoms with E-state index in [4.69, 9.17) is 0 Å². The quantitative estimate of drug-likeness (QED) is 0.732. The zero-order chi connectivity index (χ0) is 18.5. The highest BCUT2D eigenvalue weighted by Gasteiger charge is 2.28. The zero-order valence-electron chi connectivity index (χ0n) is 14.3. The average molecular weight is 356 g/mol. The summed E-state index contributed by atoms with van der Waals surface area (Å²) < 4.78 is 25.1. The Balaban J connectivity index is 3.02. The monoisotopic (exact) mass is 356 g/mol. The fraction of sp³-hybridized carbons (Fsp3) is 0.500. The van der Waals surface area contributed by atoms with Crippen molar-refractivity contribution in [3.8, 4) is 0 Å². The van der Waals surface area contributed by atoms with Crippen molar-refractivity contribution < 1.29 is 23.1 Å². The van der Waals surface area contributed by atoms with E-state index >= 15 is 0 Å². The number of hydrogen-bond donors (Lipinski definition) is 2. The maximum atomic E-state index is 12.2.